The first-order valence-electron chi connectivity index (χ1n) is 9.51. The van der Waals surface area contributed by atoms with E-state index in [0.29, 0.717) is 36.7 Å². The number of ether oxygens (including phenoxy) is 1. The summed E-state index contributed by atoms with van der Waals surface area (Å²) in [6.07, 6.45) is 1.12. The summed E-state index contributed by atoms with van der Waals surface area (Å²) in [7, 11) is -3.55. The standard InChI is InChI=1S/C21H25ClN2O4S/c1-15-3-8-20(16(2)13-15)28-14-21(25)23-18-9-11-24(12-10-18)29(26,27)19-6-4-17(22)5-7-19/h3-8,13,18H,9-12,14H2,1-2H3,(H,23,25). The van der Waals surface area contributed by atoms with Crippen LogP contribution in [0.4, 0.5) is 0 Å². The Morgan fingerprint density at radius 2 is 1.79 bits per heavy atom. The second-order valence-electron chi connectivity index (χ2n) is 7.26. The van der Waals surface area contributed by atoms with Crippen LogP contribution in [0.25, 0.3) is 0 Å². The number of hydrogen-bond acceptors (Lipinski definition) is 4. The second kappa shape index (κ2) is 9.15. The summed E-state index contributed by atoms with van der Waals surface area (Å²) in [5.74, 6) is 0.485. The van der Waals surface area contributed by atoms with Crippen LogP contribution in [0, 0.1) is 13.8 Å². The Labute approximate surface area is 176 Å². The van der Waals surface area contributed by atoms with Crippen molar-refractivity contribution >= 4 is 27.5 Å². The van der Waals surface area contributed by atoms with Gasteiger partial charge < -0.3 is 10.1 Å². The maximum atomic E-state index is 12.7. The number of carbonyl (C=O) groups is 1. The van der Waals surface area contributed by atoms with E-state index in [-0.39, 0.29) is 23.5 Å². The highest BCUT2D eigenvalue weighted by Gasteiger charge is 2.29. The van der Waals surface area contributed by atoms with Gasteiger partial charge in [-0.15, -0.1) is 0 Å². The number of hydrogen-bond donors (Lipinski definition) is 1. The van der Waals surface area contributed by atoms with E-state index in [4.69, 9.17) is 16.3 Å². The van der Waals surface area contributed by atoms with Gasteiger partial charge in [0.05, 0.1) is 4.90 Å². The average Bonchev–Trinajstić information content (AvgIpc) is 2.68. The first-order valence-corrected chi connectivity index (χ1v) is 11.3. The molecule has 1 heterocycles. The summed E-state index contributed by atoms with van der Waals surface area (Å²) >= 11 is 5.84. The normalized spacial score (nSPS) is 15.8. The monoisotopic (exact) mass is 436 g/mol. The molecule has 0 atom stereocenters. The summed E-state index contributed by atoms with van der Waals surface area (Å²) in [5, 5.41) is 3.43. The molecule has 0 saturated carbocycles. The van der Waals surface area contributed by atoms with Gasteiger partial charge in [0, 0.05) is 24.2 Å². The van der Waals surface area contributed by atoms with Crippen LogP contribution in [-0.4, -0.2) is 44.4 Å². The average molecular weight is 437 g/mol. The molecule has 1 saturated heterocycles. The van der Waals surface area contributed by atoms with Gasteiger partial charge >= 0.3 is 0 Å². The number of aryl methyl sites for hydroxylation is 2. The van der Waals surface area contributed by atoms with Crippen molar-refractivity contribution in [1.29, 1.82) is 0 Å². The molecule has 0 radical (unpaired) electrons. The van der Waals surface area contributed by atoms with Crippen LogP contribution in [0.1, 0.15) is 24.0 Å². The van der Waals surface area contributed by atoms with Crippen molar-refractivity contribution in [2.75, 3.05) is 19.7 Å². The molecule has 6 nitrogen and oxygen atoms in total. The molecule has 2 aromatic rings. The van der Waals surface area contributed by atoms with Crippen molar-refractivity contribution in [3.05, 3.63) is 58.6 Å². The summed E-state index contributed by atoms with van der Waals surface area (Å²) in [4.78, 5) is 12.4. The molecule has 1 aliphatic heterocycles. The molecule has 8 heteroatoms. The minimum absolute atomic E-state index is 0.0623. The molecular formula is C21H25ClN2O4S. The molecule has 1 N–H and O–H groups in total. The predicted octanol–water partition coefficient (Wildman–Crippen LogP) is 3.31. The third-order valence-corrected chi connectivity index (χ3v) is 7.12. The zero-order valence-electron chi connectivity index (χ0n) is 16.5. The third-order valence-electron chi connectivity index (χ3n) is 4.96. The summed E-state index contributed by atoms with van der Waals surface area (Å²) in [6, 6.07) is 11.9. The Morgan fingerprint density at radius 1 is 1.14 bits per heavy atom. The number of sulfonamides is 1. The van der Waals surface area contributed by atoms with Gasteiger partial charge in [0.1, 0.15) is 5.75 Å². The highest BCUT2D eigenvalue weighted by molar-refractivity contribution is 7.89. The molecule has 2 aromatic carbocycles. The van der Waals surface area contributed by atoms with E-state index >= 15 is 0 Å². The van der Waals surface area contributed by atoms with Crippen molar-refractivity contribution in [2.24, 2.45) is 0 Å². The number of nitrogens with zero attached hydrogens (tertiary/aromatic N) is 1. The van der Waals surface area contributed by atoms with Crippen LogP contribution in [0.15, 0.2) is 47.4 Å². The lowest BCUT2D eigenvalue weighted by molar-refractivity contribution is -0.124. The molecule has 0 unspecified atom stereocenters. The Hall–Kier alpha value is -2.09. The van der Waals surface area contributed by atoms with Crippen molar-refractivity contribution in [3.8, 4) is 5.75 Å². The van der Waals surface area contributed by atoms with Crippen molar-refractivity contribution in [2.45, 2.75) is 37.6 Å². The highest BCUT2D eigenvalue weighted by Crippen LogP contribution is 2.22. The molecule has 1 aliphatic rings. The van der Waals surface area contributed by atoms with Crippen LogP contribution in [0.2, 0.25) is 5.02 Å². The van der Waals surface area contributed by atoms with Crippen molar-refractivity contribution in [1.82, 2.24) is 9.62 Å². The van der Waals surface area contributed by atoms with E-state index in [1.165, 1.54) is 16.4 Å². The van der Waals surface area contributed by atoms with Gasteiger partial charge in [0.2, 0.25) is 10.0 Å². The van der Waals surface area contributed by atoms with Gasteiger partial charge in [-0.25, -0.2) is 8.42 Å². The molecule has 3 rings (SSSR count). The molecule has 29 heavy (non-hydrogen) atoms. The highest BCUT2D eigenvalue weighted by atomic mass is 35.5. The lowest BCUT2D eigenvalue weighted by atomic mass is 10.1. The Kier molecular flexibility index (Phi) is 6.82. The number of halogens is 1. The Bertz CT molecular complexity index is 969. The van der Waals surface area contributed by atoms with E-state index in [2.05, 4.69) is 5.32 Å². The summed E-state index contributed by atoms with van der Waals surface area (Å²) in [5.41, 5.74) is 2.12. The van der Waals surface area contributed by atoms with Crippen molar-refractivity contribution in [3.63, 3.8) is 0 Å². The van der Waals surface area contributed by atoms with Crippen LogP contribution < -0.4 is 10.1 Å². The number of carbonyl (C=O) groups excluding carboxylic acids is 1. The van der Waals surface area contributed by atoms with Crippen LogP contribution in [0.3, 0.4) is 0 Å². The zero-order valence-corrected chi connectivity index (χ0v) is 18.1. The minimum Gasteiger partial charge on any atom is -0.484 e. The van der Waals surface area contributed by atoms with Gasteiger partial charge in [-0.3, -0.25) is 4.79 Å². The number of amides is 1. The van der Waals surface area contributed by atoms with Crippen molar-refractivity contribution < 1.29 is 17.9 Å². The van der Waals surface area contributed by atoms with Crippen LogP contribution >= 0.6 is 11.6 Å². The van der Waals surface area contributed by atoms with Crippen LogP contribution in [0.5, 0.6) is 5.75 Å². The van der Waals surface area contributed by atoms with Crippen LogP contribution in [-0.2, 0) is 14.8 Å². The quantitative estimate of drug-likeness (QED) is 0.753. The number of piperidine rings is 1. The first kappa shape index (κ1) is 21.6. The third kappa shape index (κ3) is 5.50. The number of benzene rings is 2. The lowest BCUT2D eigenvalue weighted by Gasteiger charge is -2.31. The smallest absolute Gasteiger partial charge is 0.258 e. The maximum Gasteiger partial charge on any atom is 0.258 e. The van der Waals surface area contributed by atoms with E-state index in [0.717, 1.165) is 11.1 Å². The maximum absolute atomic E-state index is 12.7. The van der Waals surface area contributed by atoms with E-state index in [1.54, 1.807) is 12.1 Å². The topological polar surface area (TPSA) is 75.7 Å². The minimum atomic E-state index is -3.55. The van der Waals surface area contributed by atoms with Gasteiger partial charge in [-0.05, 0) is 62.6 Å². The second-order valence-corrected chi connectivity index (χ2v) is 9.63. The summed E-state index contributed by atoms with van der Waals surface area (Å²) in [6.45, 7) is 4.59. The number of nitrogens with one attached hydrogen (secondary N) is 1. The SMILES string of the molecule is Cc1ccc(OCC(=O)NC2CCN(S(=O)(=O)c3ccc(Cl)cc3)CC2)c(C)c1. The first-order chi connectivity index (χ1) is 13.8. The molecule has 0 aromatic heterocycles. The lowest BCUT2D eigenvalue weighted by Crippen LogP contribution is -2.47. The van der Waals surface area contributed by atoms with E-state index < -0.39 is 10.0 Å². The zero-order chi connectivity index (χ0) is 21.0. The largest absolute Gasteiger partial charge is 0.484 e. The number of rotatable bonds is 6. The molecule has 0 bridgehead atoms. The molecule has 156 valence electrons. The molecule has 0 spiro atoms. The van der Waals surface area contributed by atoms with Gasteiger partial charge in [-0.1, -0.05) is 29.3 Å². The van der Waals surface area contributed by atoms with E-state index in [9.17, 15) is 13.2 Å². The molecule has 1 amide bonds. The molecule has 0 aliphatic carbocycles. The predicted molar refractivity (Wildman–Crippen MR) is 113 cm³/mol. The fraction of sp³-hybridized carbons (Fsp3) is 0.381. The molecular weight excluding hydrogens is 412 g/mol. The molecule has 1 fully saturated rings. The fourth-order valence-corrected chi connectivity index (χ4v) is 4.97. The van der Waals surface area contributed by atoms with Gasteiger partial charge in [-0.2, -0.15) is 4.31 Å². The summed E-state index contributed by atoms with van der Waals surface area (Å²) < 4.78 is 32.5. The van der Waals surface area contributed by atoms with Gasteiger partial charge in [0.15, 0.2) is 6.61 Å². The van der Waals surface area contributed by atoms with E-state index in [1.807, 2.05) is 32.0 Å². The Balaban J connectivity index is 1.49. The van der Waals surface area contributed by atoms with Gasteiger partial charge in [0.25, 0.3) is 5.91 Å². The Morgan fingerprint density at radius 3 is 2.41 bits per heavy atom. The fourth-order valence-electron chi connectivity index (χ4n) is 3.37.